The Morgan fingerprint density at radius 2 is 2.20 bits per heavy atom. The summed E-state index contributed by atoms with van der Waals surface area (Å²) in [6.45, 7) is 0. The molecule has 15 heavy (non-hydrogen) atoms. The van der Waals surface area contributed by atoms with Gasteiger partial charge < -0.3 is 5.32 Å². The first kappa shape index (κ1) is 9.47. The van der Waals surface area contributed by atoms with Crippen molar-refractivity contribution < 1.29 is 9.59 Å². The number of amides is 1. The van der Waals surface area contributed by atoms with Crippen molar-refractivity contribution in [1.29, 1.82) is 0 Å². The van der Waals surface area contributed by atoms with Gasteiger partial charge in [0.25, 0.3) is 5.91 Å². The van der Waals surface area contributed by atoms with Gasteiger partial charge in [0.05, 0.1) is 6.04 Å². The van der Waals surface area contributed by atoms with Crippen LogP contribution < -0.4 is 5.32 Å². The zero-order valence-corrected chi connectivity index (χ0v) is 7.99. The molecule has 0 spiro atoms. The summed E-state index contributed by atoms with van der Waals surface area (Å²) in [5.41, 5.74) is 1.48. The number of carbonyl (C=O) groups is 2. The van der Waals surface area contributed by atoms with Crippen molar-refractivity contribution in [2.75, 3.05) is 0 Å². The van der Waals surface area contributed by atoms with Crippen molar-refractivity contribution in [2.24, 2.45) is 0 Å². The SMILES string of the molecule is C#CC(=O)CC1NC(=O)c2ccccc21. The number of terminal acetylenes is 1. The van der Waals surface area contributed by atoms with Crippen LogP contribution in [0.1, 0.15) is 28.4 Å². The fourth-order valence-electron chi connectivity index (χ4n) is 1.73. The number of nitrogens with one attached hydrogen (secondary N) is 1. The average molecular weight is 199 g/mol. The first-order valence-electron chi connectivity index (χ1n) is 4.61. The molecule has 1 N–H and O–H groups in total. The summed E-state index contributed by atoms with van der Waals surface area (Å²) in [5.74, 6) is 1.61. The minimum Gasteiger partial charge on any atom is -0.345 e. The van der Waals surface area contributed by atoms with E-state index >= 15 is 0 Å². The largest absolute Gasteiger partial charge is 0.345 e. The monoisotopic (exact) mass is 199 g/mol. The van der Waals surface area contributed by atoms with Gasteiger partial charge in [0.1, 0.15) is 0 Å². The zero-order chi connectivity index (χ0) is 10.8. The van der Waals surface area contributed by atoms with Crippen LogP contribution in [0.15, 0.2) is 24.3 Å². The minimum atomic E-state index is -0.294. The van der Waals surface area contributed by atoms with Crippen molar-refractivity contribution in [2.45, 2.75) is 12.5 Å². The second kappa shape index (κ2) is 3.58. The lowest BCUT2D eigenvalue weighted by atomic mass is 10.0. The molecule has 0 aromatic heterocycles. The molecule has 0 bridgehead atoms. The molecule has 3 heteroatoms. The molecule has 1 aliphatic rings. The fraction of sp³-hybridized carbons (Fsp3) is 0.167. The molecular weight excluding hydrogens is 190 g/mol. The van der Waals surface area contributed by atoms with Gasteiger partial charge in [-0.15, -0.1) is 6.42 Å². The van der Waals surface area contributed by atoms with Gasteiger partial charge in [-0.05, 0) is 17.6 Å². The summed E-state index contributed by atoms with van der Waals surface area (Å²) >= 11 is 0. The van der Waals surface area contributed by atoms with Gasteiger partial charge in [-0.2, -0.15) is 0 Å². The Morgan fingerprint density at radius 3 is 2.93 bits per heavy atom. The van der Waals surface area contributed by atoms with Crippen molar-refractivity contribution in [1.82, 2.24) is 5.32 Å². The van der Waals surface area contributed by atoms with Crippen LogP contribution >= 0.6 is 0 Å². The highest BCUT2D eigenvalue weighted by molar-refractivity contribution is 6.01. The van der Waals surface area contributed by atoms with Gasteiger partial charge in [-0.1, -0.05) is 18.2 Å². The Bertz CT molecular complexity index is 471. The molecule has 74 valence electrons. The van der Waals surface area contributed by atoms with Gasteiger partial charge in [0, 0.05) is 12.0 Å². The van der Waals surface area contributed by atoms with Gasteiger partial charge in [-0.25, -0.2) is 0 Å². The van der Waals surface area contributed by atoms with Crippen LogP contribution in [0.3, 0.4) is 0 Å². The molecule has 0 saturated heterocycles. The van der Waals surface area contributed by atoms with Crippen molar-refractivity contribution in [3.8, 4) is 12.3 Å². The first-order valence-corrected chi connectivity index (χ1v) is 4.61. The molecule has 2 rings (SSSR count). The second-order valence-corrected chi connectivity index (χ2v) is 3.38. The Balaban J connectivity index is 2.30. The Morgan fingerprint density at radius 1 is 1.47 bits per heavy atom. The van der Waals surface area contributed by atoms with Crippen molar-refractivity contribution >= 4 is 11.7 Å². The lowest BCUT2D eigenvalue weighted by molar-refractivity contribution is -0.114. The van der Waals surface area contributed by atoms with Gasteiger partial charge >= 0.3 is 0 Å². The molecule has 0 aliphatic carbocycles. The summed E-state index contributed by atoms with van der Waals surface area (Å²) in [7, 11) is 0. The van der Waals surface area contributed by atoms with Gasteiger partial charge in [-0.3, -0.25) is 9.59 Å². The zero-order valence-electron chi connectivity index (χ0n) is 7.99. The molecule has 0 fully saturated rings. The number of Topliss-reactive ketones (excluding diaryl/α,β-unsaturated/α-hetero) is 1. The number of rotatable bonds is 2. The molecular formula is C12H9NO2. The van der Waals surface area contributed by atoms with E-state index in [9.17, 15) is 9.59 Å². The average Bonchev–Trinajstić information content (AvgIpc) is 2.57. The topological polar surface area (TPSA) is 46.2 Å². The molecule has 1 aromatic carbocycles. The molecule has 1 unspecified atom stereocenters. The lowest BCUT2D eigenvalue weighted by Gasteiger charge is -2.07. The number of fused-ring (bicyclic) bond motifs is 1. The Kier molecular flexibility index (Phi) is 2.26. The van der Waals surface area contributed by atoms with E-state index in [0.717, 1.165) is 5.56 Å². The number of carbonyl (C=O) groups excluding carboxylic acids is 2. The summed E-state index contributed by atoms with van der Waals surface area (Å²) in [5, 5.41) is 2.73. The third-order valence-corrected chi connectivity index (χ3v) is 2.44. The minimum absolute atomic E-state index is 0.138. The van der Waals surface area contributed by atoms with E-state index in [1.54, 1.807) is 12.1 Å². The van der Waals surface area contributed by atoms with Crippen LogP contribution in [0.5, 0.6) is 0 Å². The maximum absolute atomic E-state index is 11.5. The number of ketones is 1. The van der Waals surface area contributed by atoms with Crippen LogP contribution in [-0.2, 0) is 4.79 Å². The van der Waals surface area contributed by atoms with Crippen LogP contribution in [0.2, 0.25) is 0 Å². The van der Waals surface area contributed by atoms with E-state index in [-0.39, 0.29) is 24.2 Å². The van der Waals surface area contributed by atoms with E-state index in [2.05, 4.69) is 5.32 Å². The molecule has 1 aliphatic heterocycles. The van der Waals surface area contributed by atoms with E-state index in [1.165, 1.54) is 0 Å². The summed E-state index contributed by atoms with van der Waals surface area (Å²) < 4.78 is 0. The normalized spacial score (nSPS) is 17.8. The van der Waals surface area contributed by atoms with Crippen LogP contribution in [0.25, 0.3) is 0 Å². The van der Waals surface area contributed by atoms with Crippen LogP contribution in [0, 0.1) is 12.3 Å². The molecule has 0 saturated carbocycles. The molecule has 1 heterocycles. The highest BCUT2D eigenvalue weighted by atomic mass is 16.2. The number of benzene rings is 1. The van der Waals surface area contributed by atoms with Crippen molar-refractivity contribution in [3.05, 3.63) is 35.4 Å². The Hall–Kier alpha value is -2.08. The molecule has 0 radical (unpaired) electrons. The quantitative estimate of drug-likeness (QED) is 0.572. The van der Waals surface area contributed by atoms with Gasteiger partial charge in [0.2, 0.25) is 5.78 Å². The fourth-order valence-corrected chi connectivity index (χ4v) is 1.73. The highest BCUT2D eigenvalue weighted by Gasteiger charge is 2.28. The predicted octanol–water partition coefficient (Wildman–Crippen LogP) is 1.06. The molecule has 1 amide bonds. The third-order valence-electron chi connectivity index (χ3n) is 2.44. The smallest absolute Gasteiger partial charge is 0.252 e. The van der Waals surface area contributed by atoms with E-state index in [4.69, 9.17) is 6.42 Å². The van der Waals surface area contributed by atoms with Crippen molar-refractivity contribution in [3.63, 3.8) is 0 Å². The van der Waals surface area contributed by atoms with Crippen LogP contribution in [0.4, 0.5) is 0 Å². The molecule has 3 nitrogen and oxygen atoms in total. The first-order chi connectivity index (χ1) is 7.22. The number of hydrogen-bond acceptors (Lipinski definition) is 2. The predicted molar refractivity (Wildman–Crippen MR) is 55.1 cm³/mol. The molecule has 1 atom stereocenters. The summed E-state index contributed by atoms with van der Waals surface area (Å²) in [4.78, 5) is 22.6. The second-order valence-electron chi connectivity index (χ2n) is 3.38. The summed E-state index contributed by atoms with van der Waals surface area (Å²) in [6, 6.07) is 6.94. The Labute approximate surface area is 87.5 Å². The maximum atomic E-state index is 11.5. The van der Waals surface area contributed by atoms with E-state index < -0.39 is 0 Å². The van der Waals surface area contributed by atoms with Crippen LogP contribution in [-0.4, -0.2) is 11.7 Å². The highest BCUT2D eigenvalue weighted by Crippen LogP contribution is 2.27. The lowest BCUT2D eigenvalue weighted by Crippen LogP contribution is -2.20. The third kappa shape index (κ3) is 1.62. The maximum Gasteiger partial charge on any atom is 0.252 e. The van der Waals surface area contributed by atoms with Gasteiger partial charge in [0.15, 0.2) is 0 Å². The van der Waals surface area contributed by atoms with E-state index in [0.29, 0.717) is 5.56 Å². The number of hydrogen-bond donors (Lipinski definition) is 1. The standard InChI is InChI=1S/C12H9NO2/c1-2-8(14)7-11-9-5-3-4-6-10(9)12(15)13-11/h1,3-6,11H,7H2,(H,13,15). The summed E-state index contributed by atoms with van der Waals surface area (Å²) in [6.07, 6.45) is 5.16. The molecule has 1 aromatic rings. The van der Waals surface area contributed by atoms with E-state index in [1.807, 2.05) is 18.1 Å².